The molecule has 2 aliphatic heterocycles. The molecule has 0 bridgehead atoms. The Labute approximate surface area is 306 Å². The van der Waals surface area contributed by atoms with Crippen LogP contribution >= 0.6 is 46.8 Å². The first kappa shape index (κ1) is 36.0. The Bertz CT molecular complexity index is 1910. The van der Waals surface area contributed by atoms with Gasteiger partial charge in [-0.1, -0.05) is 59.7 Å². The van der Waals surface area contributed by atoms with Crippen molar-refractivity contribution in [1.82, 2.24) is 9.88 Å². The van der Waals surface area contributed by atoms with Crippen LogP contribution in [0.15, 0.2) is 72.1 Å². The van der Waals surface area contributed by atoms with E-state index in [1.165, 1.54) is 11.3 Å². The number of nitriles is 1. The number of hydrogen-bond acceptors (Lipinski definition) is 10. The van der Waals surface area contributed by atoms with Crippen LogP contribution in [0.2, 0.25) is 10.0 Å². The Balaban J connectivity index is 0.000000196. The molecule has 256 valence electrons. The first-order chi connectivity index (χ1) is 23.6. The lowest BCUT2D eigenvalue weighted by Crippen LogP contribution is -2.31. The number of amides is 1. The number of thiocarbonyl (C=S) groups is 1. The Kier molecular flexibility index (Phi) is 12.1. The molecule has 4 aromatic rings. The molecule has 49 heavy (non-hydrogen) atoms. The van der Waals surface area contributed by atoms with Crippen molar-refractivity contribution in [3.05, 3.63) is 87.0 Å². The molecular weight excluding hydrogens is 697 g/mol. The molecule has 0 atom stereocenters. The molecule has 2 fully saturated rings. The molecule has 14 heteroatoms. The van der Waals surface area contributed by atoms with Gasteiger partial charge in [0.1, 0.15) is 26.3 Å². The van der Waals surface area contributed by atoms with E-state index in [0.717, 1.165) is 108 Å². The predicted octanol–water partition coefficient (Wildman–Crippen LogP) is 6.28. The molecule has 0 radical (unpaired) electrons. The number of rotatable bonds is 6. The van der Waals surface area contributed by atoms with E-state index in [-0.39, 0.29) is 4.99 Å². The molecule has 0 aliphatic carbocycles. The number of pyridine rings is 1. The third kappa shape index (κ3) is 8.31. The van der Waals surface area contributed by atoms with Gasteiger partial charge in [-0.15, -0.1) is 11.3 Å². The van der Waals surface area contributed by atoms with Crippen molar-refractivity contribution in [1.29, 1.82) is 5.26 Å². The van der Waals surface area contributed by atoms with E-state index < -0.39 is 5.91 Å². The van der Waals surface area contributed by atoms with Crippen LogP contribution in [-0.2, 0) is 0 Å². The minimum atomic E-state index is -0.512. The van der Waals surface area contributed by atoms with Crippen LogP contribution in [0.5, 0.6) is 0 Å². The van der Waals surface area contributed by atoms with E-state index in [9.17, 15) is 10.1 Å². The molecule has 10 nitrogen and oxygen atoms in total. The number of nitrogens with two attached hydrogens (primary N) is 3. The summed E-state index contributed by atoms with van der Waals surface area (Å²) in [5.74, 6) is -0.512. The quantitative estimate of drug-likeness (QED) is 0.118. The first-order valence-corrected chi connectivity index (χ1v) is 17.9. The predicted molar refractivity (Wildman–Crippen MR) is 208 cm³/mol. The molecular formula is C35H39Cl2N9OS2. The number of fused-ring (bicyclic) bond motifs is 1. The number of primary amides is 1. The van der Waals surface area contributed by atoms with Crippen molar-refractivity contribution >= 4 is 90.6 Å². The molecule has 2 aromatic carbocycles. The van der Waals surface area contributed by atoms with Crippen LogP contribution < -0.4 is 31.9 Å². The fourth-order valence-corrected chi connectivity index (χ4v) is 7.90. The Morgan fingerprint density at radius 2 is 1.37 bits per heavy atom. The SMILES string of the molecule is C/C(=C(\C#N)C(N)=S)N1CCCN(c2ccccc2Cl)CC1.NC(=O)c1sc2nccc(N3CCCN(c4ccccc4Cl)CC3)c2c1N. The van der Waals surface area contributed by atoms with Crippen molar-refractivity contribution < 1.29 is 4.79 Å². The molecule has 2 saturated heterocycles. The minimum absolute atomic E-state index is 0.159. The average Bonchev–Trinajstić information content (AvgIpc) is 3.26. The van der Waals surface area contributed by atoms with Crippen molar-refractivity contribution in [3.63, 3.8) is 0 Å². The number of carbonyl (C=O) groups excluding carboxylic acids is 1. The molecule has 2 aromatic heterocycles. The third-order valence-electron chi connectivity index (χ3n) is 8.74. The third-order valence-corrected chi connectivity index (χ3v) is 10.7. The zero-order valence-electron chi connectivity index (χ0n) is 27.2. The van der Waals surface area contributed by atoms with Gasteiger partial charge in [0.05, 0.1) is 38.2 Å². The summed E-state index contributed by atoms with van der Waals surface area (Å²) < 4.78 is 0. The van der Waals surface area contributed by atoms with E-state index in [2.05, 4.69) is 36.7 Å². The van der Waals surface area contributed by atoms with E-state index >= 15 is 0 Å². The van der Waals surface area contributed by atoms with Gasteiger partial charge in [-0.2, -0.15) is 5.26 Å². The van der Waals surface area contributed by atoms with Gasteiger partial charge in [-0.25, -0.2) is 4.98 Å². The molecule has 0 unspecified atom stereocenters. The van der Waals surface area contributed by atoms with Gasteiger partial charge in [-0.3, -0.25) is 4.79 Å². The molecule has 6 rings (SSSR count). The maximum atomic E-state index is 11.7. The van der Waals surface area contributed by atoms with Gasteiger partial charge in [0, 0.05) is 64.3 Å². The van der Waals surface area contributed by atoms with Gasteiger partial charge >= 0.3 is 0 Å². The van der Waals surface area contributed by atoms with Crippen molar-refractivity contribution in [3.8, 4) is 6.07 Å². The summed E-state index contributed by atoms with van der Waals surface area (Å²) in [6.07, 6.45) is 3.73. The van der Waals surface area contributed by atoms with Crippen LogP contribution in [0.1, 0.15) is 29.4 Å². The normalized spacial score (nSPS) is 15.8. The zero-order chi connectivity index (χ0) is 35.1. The van der Waals surface area contributed by atoms with Crippen molar-refractivity contribution in [2.45, 2.75) is 19.8 Å². The van der Waals surface area contributed by atoms with Crippen LogP contribution in [0, 0.1) is 11.3 Å². The van der Waals surface area contributed by atoms with E-state index in [4.69, 9.17) is 52.6 Å². The summed E-state index contributed by atoms with van der Waals surface area (Å²) >= 11 is 18.9. The highest BCUT2D eigenvalue weighted by Gasteiger charge is 2.23. The molecule has 2 aliphatic rings. The number of nitrogen functional groups attached to an aromatic ring is 1. The monoisotopic (exact) mass is 735 g/mol. The van der Waals surface area contributed by atoms with Gasteiger partial charge in [0.2, 0.25) is 0 Å². The van der Waals surface area contributed by atoms with Gasteiger partial charge in [-0.05, 0) is 50.1 Å². The lowest BCUT2D eigenvalue weighted by molar-refractivity contribution is 0.100. The Morgan fingerprint density at radius 3 is 1.90 bits per heavy atom. The number of nitrogens with zero attached hydrogens (tertiary/aromatic N) is 6. The highest BCUT2D eigenvalue weighted by atomic mass is 35.5. The lowest BCUT2D eigenvalue weighted by Gasteiger charge is -2.26. The largest absolute Gasteiger partial charge is 0.397 e. The second-order valence-corrected chi connectivity index (χ2v) is 14.0. The maximum Gasteiger partial charge on any atom is 0.260 e. The standard InChI is InChI=1S/C19H20ClN5OS.C16H19ClN4S/c20-12-4-1-2-5-13(12)24-8-3-9-25(11-10-24)14-6-7-23-19-15(14)16(21)17(27-19)18(22)26;1-12(13(11-18)16(19)22)20-7-4-8-21(10-9-20)15-6-3-2-5-14(15)17/h1-2,4-7H,3,8-11,21H2,(H2,22,26);2-3,5-6H,4,7-10H2,1H3,(H2,19,22)/b;13-12-. The summed E-state index contributed by atoms with van der Waals surface area (Å²) in [6.45, 7) is 8.86. The minimum Gasteiger partial charge on any atom is -0.397 e. The lowest BCUT2D eigenvalue weighted by atomic mass is 10.2. The average molecular weight is 737 g/mol. The highest BCUT2D eigenvalue weighted by molar-refractivity contribution is 7.80. The van der Waals surface area contributed by atoms with Crippen LogP contribution in [-0.4, -0.2) is 73.1 Å². The smallest absolute Gasteiger partial charge is 0.260 e. The van der Waals surface area contributed by atoms with E-state index in [0.29, 0.717) is 16.1 Å². The molecule has 6 N–H and O–H groups in total. The van der Waals surface area contributed by atoms with E-state index in [1.54, 1.807) is 6.20 Å². The number of thiophene rings is 1. The number of aromatic nitrogens is 1. The summed E-state index contributed by atoms with van der Waals surface area (Å²) in [5, 5.41) is 11.6. The number of halogens is 2. The van der Waals surface area contributed by atoms with Crippen molar-refractivity contribution in [2.75, 3.05) is 72.8 Å². The van der Waals surface area contributed by atoms with E-state index in [1.807, 2.05) is 55.5 Å². The number of carbonyl (C=O) groups is 1. The fraction of sp³-hybridized carbons (Fsp3) is 0.314. The highest BCUT2D eigenvalue weighted by Crippen LogP contribution is 2.39. The van der Waals surface area contributed by atoms with Crippen LogP contribution in [0.3, 0.4) is 0 Å². The second kappa shape index (κ2) is 16.4. The Hall–Kier alpha value is -4.28. The van der Waals surface area contributed by atoms with Crippen LogP contribution in [0.4, 0.5) is 22.7 Å². The topological polar surface area (TPSA) is 145 Å². The zero-order valence-corrected chi connectivity index (χ0v) is 30.4. The maximum absolute atomic E-state index is 11.7. The number of allylic oxidation sites excluding steroid dienone is 1. The fourth-order valence-electron chi connectivity index (χ4n) is 6.26. The second-order valence-electron chi connectivity index (χ2n) is 11.7. The molecule has 0 spiro atoms. The molecule has 1 amide bonds. The number of benzene rings is 2. The van der Waals surface area contributed by atoms with Crippen LogP contribution in [0.25, 0.3) is 10.2 Å². The van der Waals surface area contributed by atoms with Crippen molar-refractivity contribution in [2.24, 2.45) is 11.5 Å². The summed E-state index contributed by atoms with van der Waals surface area (Å²) in [6, 6.07) is 19.9. The summed E-state index contributed by atoms with van der Waals surface area (Å²) in [7, 11) is 0. The molecule has 0 saturated carbocycles. The molecule has 4 heterocycles. The van der Waals surface area contributed by atoms with Gasteiger partial charge in [0.25, 0.3) is 5.91 Å². The number of hydrogen-bond donors (Lipinski definition) is 3. The van der Waals surface area contributed by atoms with Gasteiger partial charge < -0.3 is 36.8 Å². The number of anilines is 4. The van der Waals surface area contributed by atoms with Gasteiger partial charge in [0.15, 0.2) is 0 Å². The number of para-hydroxylation sites is 2. The summed E-state index contributed by atoms with van der Waals surface area (Å²) in [4.78, 5) is 26.4. The first-order valence-electron chi connectivity index (χ1n) is 16.0. The Morgan fingerprint density at radius 1 is 0.837 bits per heavy atom. The summed E-state index contributed by atoms with van der Waals surface area (Å²) in [5.41, 5.74) is 22.1.